The van der Waals surface area contributed by atoms with Gasteiger partial charge in [0.1, 0.15) is 0 Å². The Labute approximate surface area is 183 Å². The zero-order valence-corrected chi connectivity index (χ0v) is 19.2. The van der Waals surface area contributed by atoms with Crippen molar-refractivity contribution in [1.29, 1.82) is 0 Å². The number of rotatable bonds is 10. The molecule has 1 heterocycles. The quantitative estimate of drug-likeness (QED) is 0.556. The van der Waals surface area contributed by atoms with Crippen molar-refractivity contribution < 1.29 is 22.7 Å². The Morgan fingerprint density at radius 2 is 1.93 bits per heavy atom. The monoisotopic (exact) mass is 459 g/mol. The molecule has 0 saturated carbocycles. The second-order valence-electron chi connectivity index (χ2n) is 7.97. The maximum Gasteiger partial charge on any atom is 0.241 e. The van der Waals surface area contributed by atoms with Crippen LogP contribution in [0.4, 0.5) is 0 Å². The van der Waals surface area contributed by atoms with Crippen molar-refractivity contribution in [2.24, 2.45) is 0 Å². The molecular formula is C20H30ClN3O5S. The first-order valence-corrected chi connectivity index (χ1v) is 11.8. The molecular weight excluding hydrogens is 430 g/mol. The fourth-order valence-electron chi connectivity index (χ4n) is 2.93. The molecule has 0 spiro atoms. The first-order valence-electron chi connectivity index (χ1n) is 9.98. The molecule has 30 heavy (non-hydrogen) atoms. The molecule has 0 aromatic heterocycles. The molecule has 1 aliphatic rings. The summed E-state index contributed by atoms with van der Waals surface area (Å²) in [7, 11) is -3.88. The van der Waals surface area contributed by atoms with Gasteiger partial charge in [-0.3, -0.25) is 9.59 Å². The lowest BCUT2D eigenvalue weighted by atomic mass is 10.0. The summed E-state index contributed by atoms with van der Waals surface area (Å²) in [5.41, 5.74) is -0.397. The molecule has 168 valence electrons. The summed E-state index contributed by atoms with van der Waals surface area (Å²) in [6.07, 6.45) is 2.26. The summed E-state index contributed by atoms with van der Waals surface area (Å²) in [5.74, 6) is -0.791. The molecule has 0 aliphatic carbocycles. The molecule has 2 rings (SSSR count). The van der Waals surface area contributed by atoms with Gasteiger partial charge in [0, 0.05) is 23.7 Å². The minimum absolute atomic E-state index is 0.00724. The van der Waals surface area contributed by atoms with Crippen LogP contribution < -0.4 is 10.0 Å². The highest BCUT2D eigenvalue weighted by Gasteiger charge is 2.27. The molecule has 1 atom stereocenters. The van der Waals surface area contributed by atoms with Crippen LogP contribution in [0.15, 0.2) is 29.2 Å². The van der Waals surface area contributed by atoms with E-state index < -0.39 is 28.0 Å². The van der Waals surface area contributed by atoms with E-state index in [1.54, 1.807) is 0 Å². The van der Waals surface area contributed by atoms with Gasteiger partial charge >= 0.3 is 0 Å². The molecule has 0 radical (unpaired) electrons. The zero-order chi connectivity index (χ0) is 22.4. The van der Waals surface area contributed by atoms with Crippen LogP contribution in [0.1, 0.15) is 40.0 Å². The number of halogens is 1. The number of nitrogens with zero attached hydrogens (tertiary/aromatic N) is 1. The number of ether oxygens (including phenoxy) is 1. The third-order valence-corrected chi connectivity index (χ3v) is 6.70. The molecule has 2 amide bonds. The Kier molecular flexibility index (Phi) is 8.66. The number of nitrogens with one attached hydrogen (secondary N) is 2. The van der Waals surface area contributed by atoms with Gasteiger partial charge in [-0.25, -0.2) is 13.1 Å². The van der Waals surface area contributed by atoms with Gasteiger partial charge in [-0.05, 0) is 57.4 Å². The van der Waals surface area contributed by atoms with Crippen LogP contribution >= 0.6 is 11.6 Å². The Bertz CT molecular complexity index is 837. The summed E-state index contributed by atoms with van der Waals surface area (Å²) in [6.45, 7) is 6.00. The van der Waals surface area contributed by atoms with E-state index in [0.29, 0.717) is 11.6 Å². The normalized spacial score (nSPS) is 17.0. The lowest BCUT2D eigenvalue weighted by molar-refractivity contribution is -0.137. The minimum atomic E-state index is -3.88. The topological polar surface area (TPSA) is 105 Å². The van der Waals surface area contributed by atoms with Crippen molar-refractivity contribution in [1.82, 2.24) is 14.9 Å². The van der Waals surface area contributed by atoms with Gasteiger partial charge in [0.15, 0.2) is 0 Å². The molecule has 10 heteroatoms. The first-order chi connectivity index (χ1) is 14.0. The zero-order valence-electron chi connectivity index (χ0n) is 17.6. The van der Waals surface area contributed by atoms with E-state index in [-0.39, 0.29) is 30.0 Å². The molecule has 1 fully saturated rings. The van der Waals surface area contributed by atoms with Crippen LogP contribution in [-0.2, 0) is 24.3 Å². The molecule has 2 N–H and O–H groups in total. The Balaban J connectivity index is 2.03. The van der Waals surface area contributed by atoms with Crippen molar-refractivity contribution in [3.63, 3.8) is 0 Å². The van der Waals surface area contributed by atoms with E-state index >= 15 is 0 Å². The van der Waals surface area contributed by atoms with Crippen molar-refractivity contribution >= 4 is 33.4 Å². The Morgan fingerprint density at radius 3 is 2.50 bits per heavy atom. The van der Waals surface area contributed by atoms with E-state index in [2.05, 4.69) is 10.0 Å². The molecule has 1 aliphatic heterocycles. The maximum absolute atomic E-state index is 12.8. The number of amides is 2. The Hall–Kier alpha value is -1.68. The van der Waals surface area contributed by atoms with Crippen molar-refractivity contribution in [2.75, 3.05) is 26.2 Å². The Morgan fingerprint density at radius 1 is 1.27 bits per heavy atom. The van der Waals surface area contributed by atoms with Crippen molar-refractivity contribution in [3.8, 4) is 0 Å². The highest BCUT2D eigenvalue weighted by molar-refractivity contribution is 7.89. The molecule has 1 unspecified atom stereocenters. The van der Waals surface area contributed by atoms with Crippen molar-refractivity contribution in [2.45, 2.75) is 56.6 Å². The first kappa shape index (κ1) is 24.6. The minimum Gasteiger partial charge on any atom is -0.376 e. The number of benzene rings is 1. The van der Waals surface area contributed by atoms with Crippen molar-refractivity contribution in [3.05, 3.63) is 29.3 Å². The smallest absolute Gasteiger partial charge is 0.241 e. The van der Waals surface area contributed by atoms with Crippen LogP contribution in [0.2, 0.25) is 5.02 Å². The number of carbonyl (C=O) groups is 2. The number of carbonyl (C=O) groups excluding carboxylic acids is 2. The van der Waals surface area contributed by atoms with Gasteiger partial charge in [0.2, 0.25) is 21.8 Å². The summed E-state index contributed by atoms with van der Waals surface area (Å²) in [4.78, 5) is 26.6. The summed E-state index contributed by atoms with van der Waals surface area (Å²) in [6, 6.07) is 5.64. The van der Waals surface area contributed by atoms with E-state index in [1.165, 1.54) is 29.2 Å². The van der Waals surface area contributed by atoms with Crippen LogP contribution in [-0.4, -0.2) is 63.0 Å². The molecule has 1 saturated heterocycles. The lowest BCUT2D eigenvalue weighted by Crippen LogP contribution is -2.51. The van der Waals surface area contributed by atoms with Crippen LogP contribution in [0.5, 0.6) is 0 Å². The van der Waals surface area contributed by atoms with Crippen LogP contribution in [0.25, 0.3) is 0 Å². The summed E-state index contributed by atoms with van der Waals surface area (Å²) < 4.78 is 32.8. The van der Waals surface area contributed by atoms with Gasteiger partial charge in [-0.1, -0.05) is 18.5 Å². The molecule has 0 bridgehead atoms. The second-order valence-corrected chi connectivity index (χ2v) is 10.2. The van der Waals surface area contributed by atoms with E-state index in [9.17, 15) is 18.0 Å². The van der Waals surface area contributed by atoms with Crippen LogP contribution in [0.3, 0.4) is 0 Å². The van der Waals surface area contributed by atoms with E-state index in [0.717, 1.165) is 19.3 Å². The highest BCUT2D eigenvalue weighted by atomic mass is 35.5. The number of hydrogen-bond donors (Lipinski definition) is 2. The average molecular weight is 460 g/mol. The summed E-state index contributed by atoms with van der Waals surface area (Å²) in [5, 5.41) is 3.31. The van der Waals surface area contributed by atoms with E-state index in [1.807, 2.05) is 20.8 Å². The standard InChI is InChI=1S/C20H30ClN3O5S/c1-4-20(2,3)23-18(25)14-24(13-16-6-5-11-29-16)19(26)12-22-30(27,28)17-9-7-15(21)8-10-17/h7-10,16,22H,4-6,11-14H2,1-3H3,(H,23,25). The average Bonchev–Trinajstić information content (AvgIpc) is 3.18. The molecule has 8 nitrogen and oxygen atoms in total. The number of sulfonamides is 1. The fourth-order valence-corrected chi connectivity index (χ4v) is 4.03. The lowest BCUT2D eigenvalue weighted by Gasteiger charge is -2.29. The van der Waals surface area contributed by atoms with Gasteiger partial charge in [0.25, 0.3) is 0 Å². The molecule has 1 aromatic rings. The second kappa shape index (κ2) is 10.6. The SMILES string of the molecule is CCC(C)(C)NC(=O)CN(CC1CCCO1)C(=O)CNS(=O)(=O)c1ccc(Cl)cc1. The third kappa shape index (κ3) is 7.54. The van der Waals surface area contributed by atoms with E-state index in [4.69, 9.17) is 16.3 Å². The number of hydrogen-bond acceptors (Lipinski definition) is 5. The largest absolute Gasteiger partial charge is 0.376 e. The third-order valence-electron chi connectivity index (χ3n) is 5.03. The predicted octanol–water partition coefficient (Wildman–Crippen LogP) is 1.93. The molecule has 1 aromatic carbocycles. The maximum atomic E-state index is 12.8. The van der Waals surface area contributed by atoms with Gasteiger partial charge < -0.3 is 15.0 Å². The van der Waals surface area contributed by atoms with Gasteiger partial charge in [-0.2, -0.15) is 0 Å². The van der Waals surface area contributed by atoms with Crippen LogP contribution in [0, 0.1) is 0 Å². The van der Waals surface area contributed by atoms with Gasteiger partial charge in [-0.15, -0.1) is 0 Å². The fraction of sp³-hybridized carbons (Fsp3) is 0.600. The summed E-state index contributed by atoms with van der Waals surface area (Å²) >= 11 is 5.79. The highest BCUT2D eigenvalue weighted by Crippen LogP contribution is 2.15. The van der Waals surface area contributed by atoms with Gasteiger partial charge in [0.05, 0.1) is 24.1 Å². The predicted molar refractivity (Wildman–Crippen MR) is 115 cm³/mol.